The van der Waals surface area contributed by atoms with Gasteiger partial charge in [0.05, 0.1) is 4.88 Å². The Hall–Kier alpha value is -1.96. The predicted octanol–water partition coefficient (Wildman–Crippen LogP) is 4.83. The number of aromatic amines is 1. The lowest BCUT2D eigenvalue weighted by Crippen LogP contribution is -2.24. The van der Waals surface area contributed by atoms with E-state index in [4.69, 9.17) is 23.8 Å². The quantitative estimate of drug-likeness (QED) is 0.639. The van der Waals surface area contributed by atoms with Crippen LogP contribution in [0.4, 0.5) is 5.69 Å². The highest BCUT2D eigenvalue weighted by atomic mass is 35.5. The molecule has 3 rings (SSSR count). The molecule has 0 saturated carbocycles. The molecule has 1 atom stereocenters. The first kappa shape index (κ1) is 16.9. The number of halogens is 1. The first-order valence-electron chi connectivity index (χ1n) is 7.25. The Morgan fingerprint density at radius 3 is 2.92 bits per heavy atom. The summed E-state index contributed by atoms with van der Waals surface area (Å²) in [5.74, 6) is 0.487. The molecule has 0 aliphatic rings. The highest BCUT2D eigenvalue weighted by Gasteiger charge is 2.21. The molecule has 24 heavy (non-hydrogen) atoms. The van der Waals surface area contributed by atoms with Gasteiger partial charge in [-0.3, -0.25) is 14.5 Å². The fraction of sp³-hybridized carbons (Fsp3) is 0.188. The first-order chi connectivity index (χ1) is 11.5. The van der Waals surface area contributed by atoms with Gasteiger partial charge in [-0.05, 0) is 61.3 Å². The molecule has 0 fully saturated rings. The number of rotatable bonds is 4. The minimum absolute atomic E-state index is 0.171. The lowest BCUT2D eigenvalue weighted by molar-refractivity contribution is -0.118. The number of hydrogen-bond acceptors (Lipinski definition) is 4. The van der Waals surface area contributed by atoms with Gasteiger partial charge in [-0.25, -0.2) is 0 Å². The number of carbonyl (C=O) groups is 1. The molecule has 5 nitrogen and oxygen atoms in total. The number of hydrogen-bond donors (Lipinski definition) is 2. The highest BCUT2D eigenvalue weighted by molar-refractivity contribution is 7.71. The van der Waals surface area contributed by atoms with E-state index in [1.807, 2.05) is 30.5 Å². The zero-order valence-electron chi connectivity index (χ0n) is 13.0. The summed E-state index contributed by atoms with van der Waals surface area (Å²) in [6.07, 6.45) is 0. The number of aromatic nitrogens is 3. The molecule has 2 aromatic heterocycles. The number of aryl methyl sites for hydroxylation is 1. The van der Waals surface area contributed by atoms with E-state index in [1.54, 1.807) is 35.0 Å². The van der Waals surface area contributed by atoms with Crippen LogP contribution in [0.15, 0.2) is 35.7 Å². The van der Waals surface area contributed by atoms with Crippen molar-refractivity contribution < 1.29 is 4.79 Å². The van der Waals surface area contributed by atoms with Gasteiger partial charge in [-0.15, -0.1) is 11.3 Å². The number of anilines is 1. The fourth-order valence-corrected chi connectivity index (χ4v) is 3.59. The van der Waals surface area contributed by atoms with Crippen LogP contribution in [-0.2, 0) is 4.79 Å². The van der Waals surface area contributed by atoms with Gasteiger partial charge < -0.3 is 5.32 Å². The smallest absolute Gasteiger partial charge is 0.247 e. The summed E-state index contributed by atoms with van der Waals surface area (Å²) in [4.78, 5) is 13.6. The molecule has 0 bridgehead atoms. The van der Waals surface area contributed by atoms with E-state index in [-0.39, 0.29) is 5.91 Å². The minimum Gasteiger partial charge on any atom is -0.324 e. The van der Waals surface area contributed by atoms with Crippen molar-refractivity contribution >= 4 is 46.8 Å². The maximum absolute atomic E-state index is 12.7. The first-order valence-corrected chi connectivity index (χ1v) is 8.91. The Labute approximate surface area is 153 Å². The van der Waals surface area contributed by atoms with E-state index in [1.165, 1.54) is 0 Å². The van der Waals surface area contributed by atoms with Crippen LogP contribution in [0.2, 0.25) is 5.02 Å². The number of nitrogens with one attached hydrogen (secondary N) is 2. The molecule has 0 saturated heterocycles. The second kappa shape index (κ2) is 6.88. The third-order valence-electron chi connectivity index (χ3n) is 3.66. The average molecular weight is 379 g/mol. The Morgan fingerprint density at radius 2 is 2.25 bits per heavy atom. The topological polar surface area (TPSA) is 62.7 Å². The van der Waals surface area contributed by atoms with Gasteiger partial charge >= 0.3 is 0 Å². The van der Waals surface area contributed by atoms with E-state index in [9.17, 15) is 4.79 Å². The van der Waals surface area contributed by atoms with Gasteiger partial charge in [-0.2, -0.15) is 5.10 Å². The standard InChI is InChI=1S/C16H15ClN4OS2/c1-9-8-11(17)5-6-12(9)18-15(22)10(2)21-14(19-20-16(21)23)13-4-3-7-24-13/h3-8,10H,1-2H3,(H,18,22)(H,20,23). The van der Waals surface area contributed by atoms with Crippen molar-refractivity contribution in [3.63, 3.8) is 0 Å². The lowest BCUT2D eigenvalue weighted by atomic mass is 10.2. The summed E-state index contributed by atoms with van der Waals surface area (Å²) >= 11 is 12.8. The average Bonchev–Trinajstić information content (AvgIpc) is 3.18. The number of nitrogens with zero attached hydrogens (tertiary/aromatic N) is 2. The molecule has 3 aromatic rings. The Morgan fingerprint density at radius 1 is 1.46 bits per heavy atom. The fourth-order valence-electron chi connectivity index (χ4n) is 2.37. The third-order valence-corrected chi connectivity index (χ3v) is 5.05. The van der Waals surface area contributed by atoms with Crippen LogP contribution in [0.3, 0.4) is 0 Å². The van der Waals surface area contributed by atoms with E-state index < -0.39 is 6.04 Å². The molecule has 2 N–H and O–H groups in total. The molecule has 1 unspecified atom stereocenters. The molecule has 0 aliphatic heterocycles. The third kappa shape index (κ3) is 3.28. The summed E-state index contributed by atoms with van der Waals surface area (Å²) in [7, 11) is 0. The lowest BCUT2D eigenvalue weighted by Gasteiger charge is -2.16. The van der Waals surface area contributed by atoms with Crippen LogP contribution >= 0.6 is 35.2 Å². The molecule has 8 heteroatoms. The van der Waals surface area contributed by atoms with E-state index in [0.29, 0.717) is 15.6 Å². The van der Waals surface area contributed by atoms with Crippen molar-refractivity contribution in [1.29, 1.82) is 0 Å². The zero-order chi connectivity index (χ0) is 17.3. The summed E-state index contributed by atoms with van der Waals surface area (Å²) in [5, 5.41) is 12.5. The zero-order valence-corrected chi connectivity index (χ0v) is 15.4. The van der Waals surface area contributed by atoms with Gasteiger partial charge in [0.15, 0.2) is 10.6 Å². The summed E-state index contributed by atoms with van der Waals surface area (Å²) in [5.41, 5.74) is 1.63. The monoisotopic (exact) mass is 378 g/mol. The van der Waals surface area contributed by atoms with Crippen molar-refractivity contribution in [2.24, 2.45) is 0 Å². The van der Waals surface area contributed by atoms with E-state index in [2.05, 4.69) is 15.5 Å². The molecule has 0 radical (unpaired) electrons. The number of thiophene rings is 1. The van der Waals surface area contributed by atoms with E-state index >= 15 is 0 Å². The summed E-state index contributed by atoms with van der Waals surface area (Å²) in [6.45, 7) is 3.69. The molecule has 1 amide bonds. The second-order valence-corrected chi connectivity index (χ2v) is 7.09. The van der Waals surface area contributed by atoms with Crippen LogP contribution < -0.4 is 5.32 Å². The normalized spacial score (nSPS) is 12.1. The molecular weight excluding hydrogens is 364 g/mol. The number of H-pyrrole nitrogens is 1. The second-order valence-electron chi connectivity index (χ2n) is 5.32. The summed E-state index contributed by atoms with van der Waals surface area (Å²) < 4.78 is 2.13. The van der Waals surface area contributed by atoms with Gasteiger partial charge in [0, 0.05) is 10.7 Å². The van der Waals surface area contributed by atoms with Gasteiger partial charge in [-0.1, -0.05) is 17.7 Å². The predicted molar refractivity (Wildman–Crippen MR) is 100 cm³/mol. The Balaban J connectivity index is 1.89. The maximum Gasteiger partial charge on any atom is 0.247 e. The minimum atomic E-state index is -0.511. The number of carbonyl (C=O) groups excluding carboxylic acids is 1. The van der Waals surface area contributed by atoms with Crippen molar-refractivity contribution in [2.75, 3.05) is 5.32 Å². The van der Waals surface area contributed by atoms with Crippen molar-refractivity contribution in [3.8, 4) is 10.7 Å². The van der Waals surface area contributed by atoms with Crippen molar-refractivity contribution in [3.05, 3.63) is 51.1 Å². The van der Waals surface area contributed by atoms with E-state index in [0.717, 1.165) is 16.1 Å². The van der Waals surface area contributed by atoms with Crippen molar-refractivity contribution in [1.82, 2.24) is 14.8 Å². The summed E-state index contributed by atoms with van der Waals surface area (Å²) in [6, 6.07) is 8.71. The van der Waals surface area contributed by atoms with Gasteiger partial charge in [0.1, 0.15) is 6.04 Å². The highest BCUT2D eigenvalue weighted by Crippen LogP contribution is 2.26. The number of amides is 1. The van der Waals surface area contributed by atoms with Crippen LogP contribution in [-0.4, -0.2) is 20.7 Å². The van der Waals surface area contributed by atoms with Crippen LogP contribution in [0.5, 0.6) is 0 Å². The molecule has 0 aliphatic carbocycles. The molecular formula is C16H15ClN4OS2. The van der Waals surface area contributed by atoms with Crippen molar-refractivity contribution in [2.45, 2.75) is 19.9 Å². The molecule has 124 valence electrons. The number of benzene rings is 1. The SMILES string of the molecule is Cc1cc(Cl)ccc1NC(=O)C(C)n1c(-c2cccs2)n[nH]c1=S. The van der Waals surface area contributed by atoms with Crippen LogP contribution in [0, 0.1) is 11.7 Å². The maximum atomic E-state index is 12.7. The molecule has 2 heterocycles. The van der Waals surface area contributed by atoms with Gasteiger partial charge in [0.25, 0.3) is 0 Å². The molecule has 0 spiro atoms. The van der Waals surface area contributed by atoms with Crippen LogP contribution in [0.1, 0.15) is 18.5 Å². The Bertz CT molecular complexity index is 930. The van der Waals surface area contributed by atoms with Gasteiger partial charge in [0.2, 0.25) is 5.91 Å². The van der Waals surface area contributed by atoms with Crippen LogP contribution in [0.25, 0.3) is 10.7 Å². The Kier molecular flexibility index (Phi) is 4.84. The largest absolute Gasteiger partial charge is 0.324 e. The molecule has 1 aromatic carbocycles.